The molecule has 100 valence electrons. The molecule has 0 unspecified atom stereocenters. The number of pyridine rings is 1. The van der Waals surface area contributed by atoms with Gasteiger partial charge in [-0.1, -0.05) is 18.2 Å². The van der Waals surface area contributed by atoms with Crippen molar-refractivity contribution in [3.05, 3.63) is 59.5 Å². The van der Waals surface area contributed by atoms with Gasteiger partial charge in [-0.25, -0.2) is 14.8 Å². The van der Waals surface area contributed by atoms with Gasteiger partial charge in [-0.05, 0) is 30.2 Å². The van der Waals surface area contributed by atoms with Crippen molar-refractivity contribution in [2.75, 3.05) is 0 Å². The Balaban J connectivity index is 2.04. The molecule has 0 radical (unpaired) electrons. The first-order chi connectivity index (χ1) is 9.65. The number of rotatable bonds is 3. The van der Waals surface area contributed by atoms with E-state index >= 15 is 0 Å². The van der Waals surface area contributed by atoms with E-state index in [0.717, 1.165) is 22.3 Å². The number of fused-ring (bicyclic) bond motifs is 1. The Morgan fingerprint density at radius 3 is 2.90 bits per heavy atom. The van der Waals surface area contributed by atoms with Gasteiger partial charge in [0.15, 0.2) is 5.65 Å². The van der Waals surface area contributed by atoms with Crippen LogP contribution in [0.2, 0.25) is 0 Å². The van der Waals surface area contributed by atoms with Crippen molar-refractivity contribution in [2.24, 2.45) is 0 Å². The number of aromatic carboxylic acids is 1. The summed E-state index contributed by atoms with van der Waals surface area (Å²) in [5.74, 6) is -0.922. The number of carboxylic acids is 1. The van der Waals surface area contributed by atoms with Gasteiger partial charge in [-0.15, -0.1) is 0 Å². The van der Waals surface area contributed by atoms with Gasteiger partial charge in [0.25, 0.3) is 0 Å². The summed E-state index contributed by atoms with van der Waals surface area (Å²) in [5.41, 5.74) is 3.67. The van der Waals surface area contributed by atoms with Gasteiger partial charge in [0.2, 0.25) is 0 Å². The quantitative estimate of drug-likeness (QED) is 0.791. The Hall–Kier alpha value is -2.69. The molecule has 1 aromatic carbocycles. The molecule has 0 amide bonds. The molecule has 0 saturated carbocycles. The second-order valence-electron chi connectivity index (χ2n) is 4.69. The number of aryl methyl sites for hydroxylation is 1. The Morgan fingerprint density at radius 2 is 2.10 bits per heavy atom. The number of carboxylic acid groups (broad SMARTS) is 1. The highest BCUT2D eigenvalue weighted by atomic mass is 16.4. The van der Waals surface area contributed by atoms with Crippen LogP contribution < -0.4 is 0 Å². The number of hydrogen-bond acceptors (Lipinski definition) is 3. The van der Waals surface area contributed by atoms with E-state index in [4.69, 9.17) is 0 Å². The molecule has 0 aliphatic heterocycles. The lowest BCUT2D eigenvalue weighted by Gasteiger charge is -2.07. The standard InChI is InChI=1S/C15H13N3O2/c1-10-6-13-14(16-7-10)18(9-17-13)8-11-4-2-3-5-12(11)15(19)20/h2-7,9H,8H2,1H3,(H,19,20). The molecule has 3 rings (SSSR count). The number of aromatic nitrogens is 3. The van der Waals surface area contributed by atoms with E-state index in [1.807, 2.05) is 29.7 Å². The number of hydrogen-bond donors (Lipinski definition) is 1. The zero-order chi connectivity index (χ0) is 14.1. The third-order valence-electron chi connectivity index (χ3n) is 3.18. The maximum Gasteiger partial charge on any atom is 0.336 e. The topological polar surface area (TPSA) is 68.0 Å². The molecule has 1 N–H and O–H groups in total. The van der Waals surface area contributed by atoms with Gasteiger partial charge in [-0.2, -0.15) is 0 Å². The number of imidazole rings is 1. The van der Waals surface area contributed by atoms with E-state index < -0.39 is 5.97 Å². The van der Waals surface area contributed by atoms with Crippen molar-refractivity contribution in [1.29, 1.82) is 0 Å². The van der Waals surface area contributed by atoms with Gasteiger partial charge < -0.3 is 9.67 Å². The highest BCUT2D eigenvalue weighted by molar-refractivity contribution is 5.89. The van der Waals surface area contributed by atoms with E-state index in [2.05, 4.69) is 9.97 Å². The molecule has 2 heterocycles. The minimum atomic E-state index is -0.922. The van der Waals surface area contributed by atoms with Gasteiger partial charge in [0.05, 0.1) is 18.4 Å². The minimum Gasteiger partial charge on any atom is -0.478 e. The molecule has 0 aliphatic carbocycles. The Morgan fingerprint density at radius 1 is 1.30 bits per heavy atom. The van der Waals surface area contributed by atoms with Crippen molar-refractivity contribution < 1.29 is 9.90 Å². The molecule has 2 aromatic heterocycles. The second kappa shape index (κ2) is 4.77. The summed E-state index contributed by atoms with van der Waals surface area (Å²) in [4.78, 5) is 19.9. The summed E-state index contributed by atoms with van der Waals surface area (Å²) in [6.07, 6.45) is 3.47. The second-order valence-corrected chi connectivity index (χ2v) is 4.69. The normalized spacial score (nSPS) is 10.8. The molecule has 0 aliphatic rings. The van der Waals surface area contributed by atoms with Crippen molar-refractivity contribution >= 4 is 17.1 Å². The van der Waals surface area contributed by atoms with Gasteiger partial charge in [0.1, 0.15) is 5.52 Å². The molecular weight excluding hydrogens is 254 g/mol. The van der Waals surface area contributed by atoms with Crippen molar-refractivity contribution in [3.8, 4) is 0 Å². The smallest absolute Gasteiger partial charge is 0.336 e. The van der Waals surface area contributed by atoms with Crippen LogP contribution in [0.4, 0.5) is 0 Å². The average molecular weight is 267 g/mol. The van der Waals surface area contributed by atoms with Crippen LogP contribution in [0.1, 0.15) is 21.5 Å². The van der Waals surface area contributed by atoms with Gasteiger partial charge in [0, 0.05) is 6.20 Å². The first-order valence-electron chi connectivity index (χ1n) is 6.24. The summed E-state index contributed by atoms with van der Waals surface area (Å²) in [7, 11) is 0. The van der Waals surface area contributed by atoms with E-state index in [-0.39, 0.29) is 0 Å². The van der Waals surface area contributed by atoms with E-state index in [9.17, 15) is 9.90 Å². The van der Waals surface area contributed by atoms with Crippen LogP contribution in [0.5, 0.6) is 0 Å². The van der Waals surface area contributed by atoms with Crippen LogP contribution in [-0.4, -0.2) is 25.6 Å². The number of benzene rings is 1. The molecular formula is C15H13N3O2. The number of carbonyl (C=O) groups is 1. The lowest BCUT2D eigenvalue weighted by Crippen LogP contribution is -2.06. The SMILES string of the molecule is Cc1cnc2c(c1)ncn2Cc1ccccc1C(=O)O. The lowest BCUT2D eigenvalue weighted by molar-refractivity contribution is 0.0695. The highest BCUT2D eigenvalue weighted by Crippen LogP contribution is 2.16. The summed E-state index contributed by atoms with van der Waals surface area (Å²) in [6.45, 7) is 2.40. The van der Waals surface area contributed by atoms with Crippen LogP contribution in [0.3, 0.4) is 0 Å². The monoisotopic (exact) mass is 267 g/mol. The molecule has 3 aromatic rings. The predicted octanol–water partition coefficient (Wildman–Crippen LogP) is 2.49. The third kappa shape index (κ3) is 2.14. The first kappa shape index (κ1) is 12.3. The Kier molecular flexibility index (Phi) is 2.95. The summed E-state index contributed by atoms with van der Waals surface area (Å²) < 4.78 is 1.86. The van der Waals surface area contributed by atoms with E-state index in [1.165, 1.54) is 0 Å². The third-order valence-corrected chi connectivity index (χ3v) is 3.18. The van der Waals surface area contributed by atoms with Crippen molar-refractivity contribution in [2.45, 2.75) is 13.5 Å². The van der Waals surface area contributed by atoms with Gasteiger partial charge in [-0.3, -0.25) is 0 Å². The largest absolute Gasteiger partial charge is 0.478 e. The van der Waals surface area contributed by atoms with Crippen LogP contribution in [-0.2, 0) is 6.54 Å². The molecule has 0 saturated heterocycles. The number of nitrogens with zero attached hydrogens (tertiary/aromatic N) is 3. The van der Waals surface area contributed by atoms with Crippen LogP contribution in [0.15, 0.2) is 42.9 Å². The fraction of sp³-hybridized carbons (Fsp3) is 0.133. The Bertz CT molecular complexity index is 793. The average Bonchev–Trinajstić information content (AvgIpc) is 2.81. The van der Waals surface area contributed by atoms with Crippen LogP contribution in [0.25, 0.3) is 11.2 Å². The fourth-order valence-corrected chi connectivity index (χ4v) is 2.22. The van der Waals surface area contributed by atoms with Crippen molar-refractivity contribution in [1.82, 2.24) is 14.5 Å². The Labute approximate surface area is 115 Å². The molecule has 5 heteroatoms. The maximum atomic E-state index is 11.2. The first-order valence-corrected chi connectivity index (χ1v) is 6.24. The van der Waals surface area contributed by atoms with E-state index in [0.29, 0.717) is 12.1 Å². The predicted molar refractivity (Wildman–Crippen MR) is 74.8 cm³/mol. The minimum absolute atomic E-state index is 0.307. The molecule has 0 spiro atoms. The molecule has 0 bridgehead atoms. The van der Waals surface area contributed by atoms with Crippen LogP contribution in [0, 0.1) is 6.92 Å². The summed E-state index contributed by atoms with van der Waals surface area (Å²) >= 11 is 0. The highest BCUT2D eigenvalue weighted by Gasteiger charge is 2.11. The molecule has 20 heavy (non-hydrogen) atoms. The maximum absolute atomic E-state index is 11.2. The zero-order valence-electron chi connectivity index (χ0n) is 10.9. The lowest BCUT2D eigenvalue weighted by atomic mass is 10.1. The van der Waals surface area contributed by atoms with Crippen molar-refractivity contribution in [3.63, 3.8) is 0 Å². The molecule has 0 atom stereocenters. The molecule has 5 nitrogen and oxygen atoms in total. The zero-order valence-corrected chi connectivity index (χ0v) is 10.9. The summed E-state index contributed by atoms with van der Waals surface area (Å²) in [6, 6.07) is 8.93. The molecule has 0 fully saturated rings. The van der Waals surface area contributed by atoms with Gasteiger partial charge >= 0.3 is 5.97 Å². The van der Waals surface area contributed by atoms with Crippen LogP contribution >= 0.6 is 0 Å². The fourth-order valence-electron chi connectivity index (χ4n) is 2.22. The van der Waals surface area contributed by atoms with E-state index in [1.54, 1.807) is 24.7 Å². The summed E-state index contributed by atoms with van der Waals surface area (Å²) in [5, 5.41) is 9.20.